The molecule has 0 saturated carbocycles. The minimum atomic E-state index is -0.204. The zero-order chi connectivity index (χ0) is 18.1. The van der Waals surface area contributed by atoms with E-state index >= 15 is 0 Å². The molecule has 1 aliphatic heterocycles. The smallest absolute Gasteiger partial charge is 0.271 e. The lowest BCUT2D eigenvalue weighted by molar-refractivity contribution is -0.117. The van der Waals surface area contributed by atoms with Crippen molar-refractivity contribution in [3.63, 3.8) is 0 Å². The number of benzene rings is 1. The number of hydrogen-bond donors (Lipinski definition) is 1. The summed E-state index contributed by atoms with van der Waals surface area (Å²) in [4.78, 5) is 30.3. The average Bonchev–Trinajstić information content (AvgIpc) is 3.26. The van der Waals surface area contributed by atoms with E-state index in [9.17, 15) is 9.59 Å². The van der Waals surface area contributed by atoms with Crippen molar-refractivity contribution in [3.05, 3.63) is 65.6 Å². The van der Waals surface area contributed by atoms with Crippen molar-refractivity contribution >= 4 is 23.1 Å². The molecule has 1 aromatic carbocycles. The lowest BCUT2D eigenvalue weighted by Crippen LogP contribution is -2.24. The Balaban J connectivity index is 1.41. The molecule has 1 saturated heterocycles. The van der Waals surface area contributed by atoms with E-state index in [0.717, 1.165) is 35.4 Å². The van der Waals surface area contributed by atoms with Crippen molar-refractivity contribution in [1.82, 2.24) is 14.7 Å². The summed E-state index contributed by atoms with van der Waals surface area (Å²) in [6, 6.07) is 11.7. The van der Waals surface area contributed by atoms with Gasteiger partial charge in [-0.05, 0) is 48.7 Å². The monoisotopic (exact) mass is 348 g/mol. The zero-order valence-corrected chi connectivity index (χ0v) is 14.6. The molecule has 1 aliphatic rings. The molecule has 0 unspecified atom stereocenters. The zero-order valence-electron chi connectivity index (χ0n) is 14.6. The van der Waals surface area contributed by atoms with Crippen LogP contribution in [-0.4, -0.2) is 27.7 Å². The Hall–Kier alpha value is -3.15. The summed E-state index contributed by atoms with van der Waals surface area (Å²) in [6.07, 6.45) is 5.16. The van der Waals surface area contributed by atoms with Crippen LogP contribution in [0.25, 0.3) is 5.65 Å². The Morgan fingerprint density at radius 2 is 2.04 bits per heavy atom. The standard InChI is InChI=1S/C20H20N4O2/c1-14-8-10-23-13-17(22-18(23)11-14)20(26)21-12-15-4-6-16(7-5-15)24-9-2-3-19(24)25/h4-8,10-11,13H,2-3,9,12H2,1H3,(H,21,26). The van der Waals surface area contributed by atoms with Crippen molar-refractivity contribution in [2.24, 2.45) is 0 Å². The van der Waals surface area contributed by atoms with Crippen LogP contribution >= 0.6 is 0 Å². The van der Waals surface area contributed by atoms with Gasteiger partial charge in [0, 0.05) is 37.6 Å². The van der Waals surface area contributed by atoms with E-state index < -0.39 is 0 Å². The number of aromatic nitrogens is 2. The molecule has 1 N–H and O–H groups in total. The normalized spacial score (nSPS) is 14.2. The minimum absolute atomic E-state index is 0.174. The number of nitrogens with one attached hydrogen (secondary N) is 1. The van der Waals surface area contributed by atoms with E-state index in [4.69, 9.17) is 0 Å². The maximum absolute atomic E-state index is 12.4. The Labute approximate surface area is 151 Å². The maximum Gasteiger partial charge on any atom is 0.271 e. The number of imidazole rings is 1. The minimum Gasteiger partial charge on any atom is -0.347 e. The van der Waals surface area contributed by atoms with E-state index in [1.165, 1.54) is 0 Å². The molecule has 4 rings (SSSR count). The van der Waals surface area contributed by atoms with Crippen molar-refractivity contribution < 1.29 is 9.59 Å². The van der Waals surface area contributed by atoms with E-state index in [1.54, 1.807) is 11.1 Å². The van der Waals surface area contributed by atoms with Crippen LogP contribution in [0.4, 0.5) is 5.69 Å². The van der Waals surface area contributed by atoms with Crippen LogP contribution in [0.15, 0.2) is 48.8 Å². The first-order chi connectivity index (χ1) is 12.6. The van der Waals surface area contributed by atoms with Crippen molar-refractivity contribution in [2.75, 3.05) is 11.4 Å². The Morgan fingerprint density at radius 3 is 2.77 bits per heavy atom. The fourth-order valence-electron chi connectivity index (χ4n) is 3.18. The van der Waals surface area contributed by atoms with Crippen molar-refractivity contribution in [1.29, 1.82) is 0 Å². The number of hydrogen-bond acceptors (Lipinski definition) is 3. The molecule has 0 aliphatic carbocycles. The third kappa shape index (κ3) is 3.18. The van der Waals surface area contributed by atoms with Gasteiger partial charge >= 0.3 is 0 Å². The molecule has 0 atom stereocenters. The molecular weight excluding hydrogens is 328 g/mol. The van der Waals surface area contributed by atoms with Crippen LogP contribution < -0.4 is 10.2 Å². The highest BCUT2D eigenvalue weighted by Crippen LogP contribution is 2.21. The summed E-state index contributed by atoms with van der Waals surface area (Å²) in [6.45, 7) is 3.19. The van der Waals surface area contributed by atoms with Gasteiger partial charge in [0.1, 0.15) is 11.3 Å². The molecule has 3 heterocycles. The first kappa shape index (κ1) is 16.3. The van der Waals surface area contributed by atoms with Gasteiger partial charge < -0.3 is 14.6 Å². The average molecular weight is 348 g/mol. The highest BCUT2D eigenvalue weighted by Gasteiger charge is 2.21. The molecule has 0 spiro atoms. The summed E-state index contributed by atoms with van der Waals surface area (Å²) >= 11 is 0. The van der Waals surface area contributed by atoms with Crippen molar-refractivity contribution in [2.45, 2.75) is 26.3 Å². The number of fused-ring (bicyclic) bond motifs is 1. The van der Waals surface area contributed by atoms with E-state index in [-0.39, 0.29) is 11.8 Å². The molecule has 6 heteroatoms. The molecular formula is C20H20N4O2. The van der Waals surface area contributed by atoms with Crippen LogP contribution in [0.5, 0.6) is 0 Å². The van der Waals surface area contributed by atoms with Gasteiger partial charge in [-0.1, -0.05) is 12.1 Å². The summed E-state index contributed by atoms with van der Waals surface area (Å²) in [5.41, 5.74) is 4.16. The summed E-state index contributed by atoms with van der Waals surface area (Å²) < 4.78 is 1.84. The van der Waals surface area contributed by atoms with Gasteiger partial charge in [-0.25, -0.2) is 4.98 Å². The highest BCUT2D eigenvalue weighted by molar-refractivity contribution is 5.95. The quantitative estimate of drug-likeness (QED) is 0.788. The molecule has 2 aromatic heterocycles. The summed E-state index contributed by atoms with van der Waals surface area (Å²) in [5, 5.41) is 2.89. The van der Waals surface area contributed by atoms with Gasteiger partial charge in [-0.3, -0.25) is 9.59 Å². The van der Waals surface area contributed by atoms with Crippen LogP contribution in [0.3, 0.4) is 0 Å². The van der Waals surface area contributed by atoms with Gasteiger partial charge in [0.25, 0.3) is 5.91 Å². The van der Waals surface area contributed by atoms with Crippen LogP contribution in [0.2, 0.25) is 0 Å². The van der Waals surface area contributed by atoms with Crippen LogP contribution in [0, 0.1) is 6.92 Å². The summed E-state index contributed by atoms with van der Waals surface area (Å²) in [5.74, 6) is -0.0294. The van der Waals surface area contributed by atoms with Crippen molar-refractivity contribution in [3.8, 4) is 0 Å². The van der Waals surface area contributed by atoms with E-state index in [0.29, 0.717) is 18.7 Å². The highest BCUT2D eigenvalue weighted by atomic mass is 16.2. The molecule has 26 heavy (non-hydrogen) atoms. The molecule has 0 radical (unpaired) electrons. The number of amides is 2. The maximum atomic E-state index is 12.4. The van der Waals surface area contributed by atoms with E-state index in [1.807, 2.05) is 53.9 Å². The predicted octanol–water partition coefficient (Wildman–Crippen LogP) is 2.70. The van der Waals surface area contributed by atoms with Gasteiger partial charge in [-0.2, -0.15) is 0 Å². The molecule has 2 amide bonds. The molecule has 6 nitrogen and oxygen atoms in total. The molecule has 0 bridgehead atoms. The van der Waals surface area contributed by atoms with Gasteiger partial charge in [-0.15, -0.1) is 0 Å². The number of nitrogens with zero attached hydrogens (tertiary/aromatic N) is 3. The van der Waals surface area contributed by atoms with Gasteiger partial charge in [0.05, 0.1) is 0 Å². The fourth-order valence-corrected chi connectivity index (χ4v) is 3.18. The Morgan fingerprint density at radius 1 is 1.23 bits per heavy atom. The predicted molar refractivity (Wildman–Crippen MR) is 99.1 cm³/mol. The number of pyridine rings is 1. The van der Waals surface area contributed by atoms with Crippen LogP contribution in [-0.2, 0) is 11.3 Å². The SMILES string of the molecule is Cc1ccn2cc(C(=O)NCc3ccc(N4CCCC4=O)cc3)nc2c1. The number of carbonyl (C=O) groups is 2. The number of rotatable bonds is 4. The van der Waals surface area contributed by atoms with E-state index in [2.05, 4.69) is 10.3 Å². The largest absolute Gasteiger partial charge is 0.347 e. The lowest BCUT2D eigenvalue weighted by Gasteiger charge is -2.16. The Kier molecular flexibility index (Phi) is 4.16. The lowest BCUT2D eigenvalue weighted by atomic mass is 10.2. The number of aryl methyl sites for hydroxylation is 1. The topological polar surface area (TPSA) is 66.7 Å². The molecule has 1 fully saturated rings. The molecule has 3 aromatic rings. The first-order valence-electron chi connectivity index (χ1n) is 8.73. The second kappa shape index (κ2) is 6.63. The summed E-state index contributed by atoms with van der Waals surface area (Å²) in [7, 11) is 0. The third-order valence-corrected chi connectivity index (χ3v) is 4.62. The van der Waals surface area contributed by atoms with Gasteiger partial charge in [0.2, 0.25) is 5.91 Å². The van der Waals surface area contributed by atoms with Gasteiger partial charge in [0.15, 0.2) is 0 Å². The number of carbonyl (C=O) groups excluding carboxylic acids is 2. The fraction of sp³-hybridized carbons (Fsp3) is 0.250. The number of anilines is 1. The van der Waals surface area contributed by atoms with Crippen LogP contribution in [0.1, 0.15) is 34.5 Å². The Bertz CT molecular complexity index is 975. The first-order valence-corrected chi connectivity index (χ1v) is 8.73. The second-order valence-corrected chi connectivity index (χ2v) is 6.59. The molecule has 132 valence electrons. The third-order valence-electron chi connectivity index (χ3n) is 4.62. The second-order valence-electron chi connectivity index (χ2n) is 6.59.